The van der Waals surface area contributed by atoms with Crippen molar-refractivity contribution in [2.75, 3.05) is 0 Å². The highest BCUT2D eigenvalue weighted by Crippen LogP contribution is 2.21. The molecule has 0 spiro atoms. The highest BCUT2D eigenvalue weighted by atomic mass is 36.0. The van der Waals surface area contributed by atoms with Crippen molar-refractivity contribution in [2.45, 2.75) is 0 Å². The first-order valence-electron chi connectivity index (χ1n) is 2.85. The number of rotatable bonds is 1. The van der Waals surface area contributed by atoms with Gasteiger partial charge in [-0.05, 0) is 12.1 Å². The molecule has 1 rings (SSSR count). The second kappa shape index (κ2) is 5.88. The van der Waals surface area contributed by atoms with E-state index in [0.717, 1.165) is 9.21 Å². The monoisotopic (exact) mass is 278 g/mol. The van der Waals surface area contributed by atoms with E-state index in [-0.39, 0.29) is 0 Å². The zero-order valence-corrected chi connectivity index (χ0v) is 10.1. The van der Waals surface area contributed by atoms with Crippen LogP contribution in [0.3, 0.4) is 0 Å². The molecule has 0 aliphatic heterocycles. The predicted molar refractivity (Wildman–Crippen MR) is 60.0 cm³/mol. The van der Waals surface area contributed by atoms with E-state index in [4.69, 9.17) is 20.0 Å². The molecule has 1 aromatic heterocycles. The molecule has 0 amide bonds. The van der Waals surface area contributed by atoms with Gasteiger partial charge in [0.05, 0.1) is 4.34 Å². The quantitative estimate of drug-likeness (QED) is 0.734. The standard InChI is InChI=1S/C6H5ClS.Cl2O2S/c1-2-5-3-4-6(7)8-5;1-5(2,3)4/h2-4H,1H2;. The van der Waals surface area contributed by atoms with Crippen LogP contribution in [0, 0.1) is 0 Å². The Morgan fingerprint density at radius 2 is 1.85 bits per heavy atom. The second-order valence-corrected chi connectivity index (χ2v) is 7.14. The summed E-state index contributed by atoms with van der Waals surface area (Å²) in [5.74, 6) is 0. The zero-order valence-electron chi connectivity index (χ0n) is 6.21. The van der Waals surface area contributed by atoms with Gasteiger partial charge in [0.1, 0.15) is 0 Å². The first-order chi connectivity index (χ1) is 5.83. The van der Waals surface area contributed by atoms with Gasteiger partial charge in [0.25, 0.3) is 0 Å². The van der Waals surface area contributed by atoms with Crippen LogP contribution < -0.4 is 0 Å². The van der Waals surface area contributed by atoms with Crippen molar-refractivity contribution < 1.29 is 8.42 Å². The molecule has 0 saturated heterocycles. The molecule has 0 aromatic carbocycles. The lowest BCUT2D eigenvalue weighted by molar-refractivity contribution is 0.621. The third-order valence-corrected chi connectivity index (χ3v) is 2.02. The average Bonchev–Trinajstić information content (AvgIpc) is 2.31. The maximum atomic E-state index is 9.16. The summed E-state index contributed by atoms with van der Waals surface area (Å²) in [5.41, 5.74) is 0. The van der Waals surface area contributed by atoms with E-state index in [2.05, 4.69) is 27.9 Å². The Morgan fingerprint density at radius 3 is 2.00 bits per heavy atom. The molecule has 7 heteroatoms. The summed E-state index contributed by atoms with van der Waals surface area (Å²) >= 11 is 7.15. The molecular weight excluding hydrogens is 275 g/mol. The van der Waals surface area contributed by atoms with Crippen molar-refractivity contribution in [3.8, 4) is 0 Å². The molecule has 0 N–H and O–H groups in total. The summed E-state index contributed by atoms with van der Waals surface area (Å²) in [6, 6.07) is 3.81. The first kappa shape index (κ1) is 13.3. The maximum absolute atomic E-state index is 9.16. The fourth-order valence-corrected chi connectivity index (χ4v) is 1.35. The van der Waals surface area contributed by atoms with Gasteiger partial charge >= 0.3 is 8.26 Å². The summed E-state index contributed by atoms with van der Waals surface area (Å²) in [4.78, 5) is 1.12. The molecule has 74 valence electrons. The summed E-state index contributed by atoms with van der Waals surface area (Å²) < 4.78 is 19.1. The lowest BCUT2D eigenvalue weighted by Gasteiger charge is -1.73. The highest BCUT2D eigenvalue weighted by molar-refractivity contribution is 8.31. The van der Waals surface area contributed by atoms with E-state index >= 15 is 0 Å². The van der Waals surface area contributed by atoms with E-state index in [1.807, 2.05) is 12.1 Å². The van der Waals surface area contributed by atoms with Crippen LogP contribution in [-0.2, 0) is 8.26 Å². The average molecular weight is 280 g/mol. The van der Waals surface area contributed by atoms with Crippen LogP contribution in [0.25, 0.3) is 6.08 Å². The molecule has 2 nitrogen and oxygen atoms in total. The van der Waals surface area contributed by atoms with Gasteiger partial charge in [0, 0.05) is 26.2 Å². The normalized spacial score (nSPS) is 10.1. The van der Waals surface area contributed by atoms with E-state index in [0.29, 0.717) is 0 Å². The Hall–Kier alpha value is 0.260. The van der Waals surface area contributed by atoms with Crippen LogP contribution in [0.1, 0.15) is 4.88 Å². The molecular formula is C6H5Cl3O2S2. The summed E-state index contributed by atoms with van der Waals surface area (Å²) in [6.45, 7) is 3.60. The fourth-order valence-electron chi connectivity index (χ4n) is 0.438. The molecule has 13 heavy (non-hydrogen) atoms. The van der Waals surface area contributed by atoms with Crippen LogP contribution in [0.5, 0.6) is 0 Å². The van der Waals surface area contributed by atoms with E-state index in [9.17, 15) is 0 Å². The number of hydrogen-bond acceptors (Lipinski definition) is 3. The predicted octanol–water partition coefficient (Wildman–Crippen LogP) is 3.75. The van der Waals surface area contributed by atoms with Gasteiger partial charge in [-0.25, -0.2) is 0 Å². The minimum absolute atomic E-state index is 0.819. The smallest absolute Gasteiger partial charge is 0.195 e. The number of halogens is 3. The van der Waals surface area contributed by atoms with E-state index in [1.165, 1.54) is 11.3 Å². The summed E-state index contributed by atoms with van der Waals surface area (Å²) in [7, 11) is 4.81. The topological polar surface area (TPSA) is 34.1 Å². The van der Waals surface area contributed by atoms with Gasteiger partial charge in [-0.1, -0.05) is 24.3 Å². The Kier molecular flexibility index (Phi) is 6.00. The van der Waals surface area contributed by atoms with Crippen molar-refractivity contribution >= 4 is 58.6 Å². The van der Waals surface area contributed by atoms with Crippen LogP contribution in [0.2, 0.25) is 4.34 Å². The third kappa shape index (κ3) is 10.2. The van der Waals surface area contributed by atoms with Gasteiger partial charge < -0.3 is 0 Å². The van der Waals surface area contributed by atoms with Gasteiger partial charge in [-0.2, -0.15) is 8.42 Å². The minimum Gasteiger partial charge on any atom is -0.195 e. The van der Waals surface area contributed by atoms with Crippen LogP contribution in [0.4, 0.5) is 0 Å². The van der Waals surface area contributed by atoms with Crippen molar-refractivity contribution in [3.05, 3.63) is 27.9 Å². The van der Waals surface area contributed by atoms with Gasteiger partial charge in [-0.3, -0.25) is 0 Å². The van der Waals surface area contributed by atoms with Gasteiger partial charge in [-0.15, -0.1) is 11.3 Å². The Bertz CT molecular complexity index is 361. The Labute approximate surface area is 94.7 Å². The number of thiophene rings is 1. The maximum Gasteiger partial charge on any atom is 0.317 e. The van der Waals surface area contributed by atoms with Crippen molar-refractivity contribution in [1.82, 2.24) is 0 Å². The van der Waals surface area contributed by atoms with Crippen molar-refractivity contribution in [3.63, 3.8) is 0 Å². The Balaban J connectivity index is 0.000000252. The summed E-state index contributed by atoms with van der Waals surface area (Å²) in [5, 5.41) is 0. The third-order valence-electron chi connectivity index (χ3n) is 0.795. The van der Waals surface area contributed by atoms with Crippen LogP contribution >= 0.6 is 44.3 Å². The molecule has 0 saturated carbocycles. The molecule has 0 fully saturated rings. The lowest BCUT2D eigenvalue weighted by Crippen LogP contribution is -1.63. The van der Waals surface area contributed by atoms with E-state index < -0.39 is 8.26 Å². The largest absolute Gasteiger partial charge is 0.317 e. The molecule has 0 bridgehead atoms. The Morgan fingerprint density at radius 1 is 1.38 bits per heavy atom. The molecule has 1 aromatic rings. The SMILES string of the molecule is C=Cc1ccc(Cl)s1.O=S(=O)(Cl)Cl. The van der Waals surface area contributed by atoms with Gasteiger partial charge in [0.15, 0.2) is 0 Å². The first-order valence-corrected chi connectivity index (χ1v) is 7.18. The lowest BCUT2D eigenvalue weighted by atomic mass is 10.5. The van der Waals surface area contributed by atoms with Crippen LogP contribution in [0.15, 0.2) is 18.7 Å². The van der Waals surface area contributed by atoms with Gasteiger partial charge in [0.2, 0.25) is 0 Å². The fraction of sp³-hybridized carbons (Fsp3) is 0. The highest BCUT2D eigenvalue weighted by Gasteiger charge is 1.89. The van der Waals surface area contributed by atoms with Crippen LogP contribution in [-0.4, -0.2) is 8.42 Å². The molecule has 0 atom stereocenters. The molecule has 0 unspecified atom stereocenters. The molecule has 0 aliphatic carbocycles. The summed E-state index contributed by atoms with van der Waals surface area (Å²) in [6.07, 6.45) is 1.79. The number of hydrogen-bond donors (Lipinski definition) is 0. The van der Waals surface area contributed by atoms with Crippen molar-refractivity contribution in [2.24, 2.45) is 0 Å². The zero-order chi connectivity index (χ0) is 10.5. The molecule has 0 radical (unpaired) electrons. The van der Waals surface area contributed by atoms with E-state index in [1.54, 1.807) is 6.08 Å². The van der Waals surface area contributed by atoms with Crippen molar-refractivity contribution in [1.29, 1.82) is 0 Å². The second-order valence-electron chi connectivity index (χ2n) is 1.72. The minimum atomic E-state index is -3.72. The molecule has 1 heterocycles. The molecule has 0 aliphatic rings.